The number of nitrogens with one attached hydrogen (secondary N) is 2. The van der Waals surface area contributed by atoms with Crippen molar-refractivity contribution in [3.05, 3.63) is 0 Å². The van der Waals surface area contributed by atoms with Crippen molar-refractivity contribution in [3.63, 3.8) is 0 Å². The number of hydrogen-bond acceptors (Lipinski definition) is 4. The Kier molecular flexibility index (Phi) is 6.28. The van der Waals surface area contributed by atoms with Gasteiger partial charge in [-0.15, -0.1) is 0 Å². The lowest BCUT2D eigenvalue weighted by molar-refractivity contribution is -0.143. The Morgan fingerprint density at radius 3 is 2.68 bits per heavy atom. The first-order chi connectivity index (χ1) is 9.03. The second-order valence-corrected chi connectivity index (χ2v) is 5.40. The van der Waals surface area contributed by atoms with E-state index in [-0.39, 0.29) is 17.3 Å². The maximum atomic E-state index is 12.3. The van der Waals surface area contributed by atoms with Gasteiger partial charge in [0.05, 0.1) is 12.0 Å². The normalized spacial score (nSPS) is 22.5. The molecule has 1 saturated heterocycles. The molecule has 0 saturated carbocycles. The van der Waals surface area contributed by atoms with Crippen molar-refractivity contribution in [1.29, 1.82) is 0 Å². The van der Waals surface area contributed by atoms with Gasteiger partial charge in [0.2, 0.25) is 5.91 Å². The Morgan fingerprint density at radius 2 is 2.16 bits per heavy atom. The molecule has 5 heteroatoms. The smallest absolute Gasteiger partial charge is 0.305 e. The summed E-state index contributed by atoms with van der Waals surface area (Å²) in [4.78, 5) is 23.5. The molecule has 1 unspecified atom stereocenters. The van der Waals surface area contributed by atoms with Crippen LogP contribution in [0, 0.1) is 11.3 Å². The summed E-state index contributed by atoms with van der Waals surface area (Å²) in [7, 11) is 0. The van der Waals surface area contributed by atoms with E-state index in [1.54, 1.807) is 6.92 Å². The summed E-state index contributed by atoms with van der Waals surface area (Å²) in [6.07, 6.45) is 1.88. The Balaban J connectivity index is 2.32. The van der Waals surface area contributed by atoms with Crippen molar-refractivity contribution in [2.45, 2.75) is 40.0 Å². The van der Waals surface area contributed by atoms with Crippen LogP contribution in [0.15, 0.2) is 0 Å². The van der Waals surface area contributed by atoms with E-state index in [0.717, 1.165) is 19.5 Å². The topological polar surface area (TPSA) is 67.4 Å². The molecular weight excluding hydrogens is 244 g/mol. The highest BCUT2D eigenvalue weighted by Gasteiger charge is 2.43. The zero-order chi connectivity index (χ0) is 14.3. The second-order valence-electron chi connectivity index (χ2n) is 5.40. The molecule has 1 aliphatic rings. The molecule has 19 heavy (non-hydrogen) atoms. The van der Waals surface area contributed by atoms with Gasteiger partial charge in [-0.2, -0.15) is 0 Å². The number of carbonyl (C=O) groups excluding carboxylic acids is 2. The molecule has 1 fully saturated rings. The van der Waals surface area contributed by atoms with Crippen LogP contribution < -0.4 is 10.6 Å². The lowest BCUT2D eigenvalue weighted by atomic mass is 9.75. The van der Waals surface area contributed by atoms with Crippen molar-refractivity contribution in [1.82, 2.24) is 10.6 Å². The average molecular weight is 270 g/mol. The molecule has 0 aromatic rings. The van der Waals surface area contributed by atoms with E-state index in [0.29, 0.717) is 31.9 Å². The van der Waals surface area contributed by atoms with Crippen molar-refractivity contribution in [2.24, 2.45) is 11.3 Å². The van der Waals surface area contributed by atoms with E-state index >= 15 is 0 Å². The number of amides is 1. The summed E-state index contributed by atoms with van der Waals surface area (Å²) in [5, 5.41) is 6.22. The molecule has 0 aromatic heterocycles. The first kappa shape index (κ1) is 16.0. The fourth-order valence-electron chi connectivity index (χ4n) is 2.50. The Hall–Kier alpha value is -1.10. The van der Waals surface area contributed by atoms with E-state index in [1.807, 2.05) is 0 Å². The van der Waals surface area contributed by atoms with E-state index in [4.69, 9.17) is 4.74 Å². The zero-order valence-electron chi connectivity index (χ0n) is 12.3. The van der Waals surface area contributed by atoms with Gasteiger partial charge in [-0.1, -0.05) is 13.8 Å². The molecule has 0 aliphatic carbocycles. The molecule has 0 bridgehead atoms. The van der Waals surface area contributed by atoms with Crippen LogP contribution in [-0.4, -0.2) is 38.1 Å². The fraction of sp³-hybridized carbons (Fsp3) is 0.857. The second kappa shape index (κ2) is 7.48. The molecule has 0 aromatic carbocycles. The minimum absolute atomic E-state index is 0.108. The molecule has 0 radical (unpaired) electrons. The Morgan fingerprint density at radius 1 is 1.42 bits per heavy atom. The van der Waals surface area contributed by atoms with Crippen molar-refractivity contribution >= 4 is 11.9 Å². The number of ether oxygens (including phenoxy) is 1. The van der Waals surface area contributed by atoms with Gasteiger partial charge < -0.3 is 15.4 Å². The van der Waals surface area contributed by atoms with Crippen LogP contribution in [0.3, 0.4) is 0 Å². The van der Waals surface area contributed by atoms with Crippen LogP contribution in [0.1, 0.15) is 40.0 Å². The highest BCUT2D eigenvalue weighted by molar-refractivity contribution is 5.83. The van der Waals surface area contributed by atoms with Crippen LogP contribution in [0.2, 0.25) is 0 Å². The summed E-state index contributed by atoms with van der Waals surface area (Å²) in [5.41, 5.74) is -0.288. The minimum Gasteiger partial charge on any atom is -0.466 e. The standard InChI is InChI=1S/C14H26N2O3/c1-4-19-12(17)6-5-8-16-13(18)14(11(2)3)7-9-15-10-14/h11,15H,4-10H2,1-3H3,(H,16,18). The SMILES string of the molecule is CCOC(=O)CCCNC(=O)C1(C(C)C)CCNC1. The van der Waals surface area contributed by atoms with Crippen molar-refractivity contribution < 1.29 is 14.3 Å². The molecule has 1 amide bonds. The van der Waals surface area contributed by atoms with E-state index in [1.165, 1.54) is 0 Å². The Bertz CT molecular complexity index is 310. The summed E-state index contributed by atoms with van der Waals surface area (Å²) in [6.45, 7) is 8.55. The van der Waals surface area contributed by atoms with Gasteiger partial charge in [0.1, 0.15) is 0 Å². The quantitative estimate of drug-likeness (QED) is 0.536. The Labute approximate surface area is 115 Å². The highest BCUT2D eigenvalue weighted by atomic mass is 16.5. The predicted octanol–water partition coefficient (Wildman–Crippen LogP) is 1.08. The third-order valence-corrected chi connectivity index (χ3v) is 3.89. The van der Waals surface area contributed by atoms with Gasteiger partial charge in [-0.25, -0.2) is 0 Å². The number of carbonyl (C=O) groups is 2. The summed E-state index contributed by atoms with van der Waals surface area (Å²) < 4.78 is 4.85. The summed E-state index contributed by atoms with van der Waals surface area (Å²) in [6, 6.07) is 0. The lowest BCUT2D eigenvalue weighted by Gasteiger charge is -2.31. The largest absolute Gasteiger partial charge is 0.466 e. The van der Waals surface area contributed by atoms with Crippen LogP contribution >= 0.6 is 0 Å². The molecule has 1 atom stereocenters. The van der Waals surface area contributed by atoms with Crippen LogP contribution in [0.5, 0.6) is 0 Å². The fourth-order valence-corrected chi connectivity index (χ4v) is 2.50. The average Bonchev–Trinajstić information content (AvgIpc) is 2.85. The van der Waals surface area contributed by atoms with Crippen molar-refractivity contribution in [2.75, 3.05) is 26.2 Å². The van der Waals surface area contributed by atoms with Gasteiger partial charge in [-0.05, 0) is 32.2 Å². The van der Waals surface area contributed by atoms with Gasteiger partial charge in [-0.3, -0.25) is 9.59 Å². The molecule has 1 heterocycles. The molecule has 1 rings (SSSR count). The first-order valence-corrected chi connectivity index (χ1v) is 7.17. The maximum Gasteiger partial charge on any atom is 0.305 e. The summed E-state index contributed by atoms with van der Waals surface area (Å²) in [5.74, 6) is 0.224. The third-order valence-electron chi connectivity index (χ3n) is 3.89. The maximum absolute atomic E-state index is 12.3. The van der Waals surface area contributed by atoms with E-state index < -0.39 is 0 Å². The van der Waals surface area contributed by atoms with E-state index in [9.17, 15) is 9.59 Å². The minimum atomic E-state index is -0.288. The molecule has 0 spiro atoms. The molecule has 2 N–H and O–H groups in total. The highest BCUT2D eigenvalue weighted by Crippen LogP contribution is 2.34. The molecule has 1 aliphatic heterocycles. The number of esters is 1. The van der Waals surface area contributed by atoms with Gasteiger partial charge >= 0.3 is 5.97 Å². The zero-order valence-corrected chi connectivity index (χ0v) is 12.3. The number of hydrogen-bond donors (Lipinski definition) is 2. The van der Waals surface area contributed by atoms with Crippen LogP contribution in [-0.2, 0) is 14.3 Å². The number of rotatable bonds is 7. The first-order valence-electron chi connectivity index (χ1n) is 7.17. The third kappa shape index (κ3) is 4.20. The van der Waals surface area contributed by atoms with Crippen LogP contribution in [0.25, 0.3) is 0 Å². The molecular formula is C14H26N2O3. The monoisotopic (exact) mass is 270 g/mol. The molecule has 5 nitrogen and oxygen atoms in total. The predicted molar refractivity (Wildman–Crippen MR) is 73.6 cm³/mol. The van der Waals surface area contributed by atoms with Gasteiger partial charge in [0, 0.05) is 19.5 Å². The summed E-state index contributed by atoms with van der Waals surface area (Å²) >= 11 is 0. The lowest BCUT2D eigenvalue weighted by Crippen LogP contribution is -2.46. The van der Waals surface area contributed by atoms with E-state index in [2.05, 4.69) is 24.5 Å². The van der Waals surface area contributed by atoms with Crippen LogP contribution in [0.4, 0.5) is 0 Å². The van der Waals surface area contributed by atoms with Gasteiger partial charge in [0.15, 0.2) is 0 Å². The molecule has 110 valence electrons. The van der Waals surface area contributed by atoms with Gasteiger partial charge in [0.25, 0.3) is 0 Å². The van der Waals surface area contributed by atoms with Crippen molar-refractivity contribution in [3.8, 4) is 0 Å².